The van der Waals surface area contributed by atoms with Crippen LogP contribution in [0.1, 0.15) is 25.8 Å². The number of carbonyl (C=O) groups excluding carboxylic acids is 1. The number of ketones is 1. The SMILES string of the molecule is COc1cccc(CC(=O)C(N)CC(C)C)c1F. The predicted octanol–water partition coefficient (Wildman–Crippen LogP) is 2.32. The van der Waals surface area contributed by atoms with Gasteiger partial charge in [0.25, 0.3) is 0 Å². The van der Waals surface area contributed by atoms with Gasteiger partial charge in [-0.05, 0) is 24.0 Å². The van der Waals surface area contributed by atoms with Gasteiger partial charge < -0.3 is 10.5 Å². The van der Waals surface area contributed by atoms with E-state index in [4.69, 9.17) is 10.5 Å². The summed E-state index contributed by atoms with van der Waals surface area (Å²) in [6.07, 6.45) is 0.626. The molecule has 0 amide bonds. The standard InChI is InChI=1S/C14H20FNO2/c1-9(2)7-11(16)12(17)8-10-5-4-6-13(18-3)14(10)15/h4-6,9,11H,7-8,16H2,1-3H3. The van der Waals surface area contributed by atoms with E-state index in [9.17, 15) is 9.18 Å². The Hall–Kier alpha value is -1.42. The summed E-state index contributed by atoms with van der Waals surface area (Å²) in [5, 5.41) is 0. The van der Waals surface area contributed by atoms with Crippen molar-refractivity contribution in [2.45, 2.75) is 32.7 Å². The highest BCUT2D eigenvalue weighted by Gasteiger charge is 2.18. The molecular formula is C14H20FNO2. The molecule has 1 rings (SSSR count). The molecule has 4 heteroatoms. The maximum absolute atomic E-state index is 13.8. The van der Waals surface area contributed by atoms with Crippen LogP contribution in [0.2, 0.25) is 0 Å². The Kier molecular flexibility index (Phi) is 5.28. The van der Waals surface area contributed by atoms with Crippen molar-refractivity contribution in [3.05, 3.63) is 29.6 Å². The van der Waals surface area contributed by atoms with Gasteiger partial charge in [-0.25, -0.2) is 4.39 Å². The van der Waals surface area contributed by atoms with E-state index in [0.29, 0.717) is 17.9 Å². The Morgan fingerprint density at radius 1 is 1.44 bits per heavy atom. The highest BCUT2D eigenvalue weighted by Crippen LogP contribution is 2.21. The van der Waals surface area contributed by atoms with E-state index >= 15 is 0 Å². The van der Waals surface area contributed by atoms with Crippen molar-refractivity contribution < 1.29 is 13.9 Å². The maximum atomic E-state index is 13.8. The van der Waals surface area contributed by atoms with Gasteiger partial charge in [0.15, 0.2) is 17.3 Å². The van der Waals surface area contributed by atoms with Crippen molar-refractivity contribution in [3.63, 3.8) is 0 Å². The lowest BCUT2D eigenvalue weighted by atomic mass is 9.97. The van der Waals surface area contributed by atoms with Crippen molar-refractivity contribution in [1.82, 2.24) is 0 Å². The van der Waals surface area contributed by atoms with E-state index < -0.39 is 11.9 Å². The molecule has 3 nitrogen and oxygen atoms in total. The molecule has 2 N–H and O–H groups in total. The first-order valence-corrected chi connectivity index (χ1v) is 6.05. The zero-order valence-electron chi connectivity index (χ0n) is 11.1. The van der Waals surface area contributed by atoms with E-state index in [1.165, 1.54) is 13.2 Å². The summed E-state index contributed by atoms with van der Waals surface area (Å²) in [6.45, 7) is 4.00. The van der Waals surface area contributed by atoms with Crippen LogP contribution in [0, 0.1) is 11.7 Å². The number of rotatable bonds is 6. The smallest absolute Gasteiger partial charge is 0.168 e. The summed E-state index contributed by atoms with van der Waals surface area (Å²) in [6, 6.07) is 4.24. The molecule has 0 aliphatic carbocycles. The minimum atomic E-state index is -0.532. The Balaban J connectivity index is 2.76. The molecule has 18 heavy (non-hydrogen) atoms. The van der Waals surface area contributed by atoms with Crippen LogP contribution in [0.3, 0.4) is 0 Å². The molecule has 0 aromatic heterocycles. The number of Topliss-reactive ketones (excluding diaryl/α,β-unsaturated/α-hetero) is 1. The summed E-state index contributed by atoms with van der Waals surface area (Å²) in [4.78, 5) is 11.9. The number of benzene rings is 1. The summed E-state index contributed by atoms with van der Waals surface area (Å²) in [5.41, 5.74) is 6.12. The van der Waals surface area contributed by atoms with E-state index in [1.807, 2.05) is 13.8 Å². The predicted molar refractivity (Wildman–Crippen MR) is 69.1 cm³/mol. The Labute approximate surface area is 107 Å². The molecule has 0 saturated carbocycles. The van der Waals surface area contributed by atoms with E-state index in [1.54, 1.807) is 12.1 Å². The summed E-state index contributed by atoms with van der Waals surface area (Å²) >= 11 is 0. The molecule has 1 atom stereocenters. The number of nitrogens with two attached hydrogens (primary N) is 1. The fraction of sp³-hybridized carbons (Fsp3) is 0.500. The monoisotopic (exact) mass is 253 g/mol. The molecule has 1 unspecified atom stereocenters. The van der Waals surface area contributed by atoms with Crippen molar-refractivity contribution in [2.24, 2.45) is 11.7 Å². The average molecular weight is 253 g/mol. The van der Waals surface area contributed by atoms with Crippen LogP contribution in [-0.4, -0.2) is 18.9 Å². The molecule has 0 radical (unpaired) electrons. The fourth-order valence-corrected chi connectivity index (χ4v) is 1.81. The molecular weight excluding hydrogens is 233 g/mol. The number of hydrogen-bond acceptors (Lipinski definition) is 3. The highest BCUT2D eigenvalue weighted by molar-refractivity contribution is 5.86. The largest absolute Gasteiger partial charge is 0.494 e. The van der Waals surface area contributed by atoms with Crippen LogP contribution in [0.5, 0.6) is 5.75 Å². The third kappa shape index (κ3) is 3.81. The maximum Gasteiger partial charge on any atom is 0.168 e. The average Bonchev–Trinajstić information content (AvgIpc) is 2.30. The normalized spacial score (nSPS) is 12.6. The highest BCUT2D eigenvalue weighted by atomic mass is 19.1. The second-order valence-electron chi connectivity index (χ2n) is 4.81. The summed E-state index contributed by atoms with van der Waals surface area (Å²) < 4.78 is 18.7. The lowest BCUT2D eigenvalue weighted by molar-refractivity contribution is -0.120. The quantitative estimate of drug-likeness (QED) is 0.846. The number of halogens is 1. The third-order valence-electron chi connectivity index (χ3n) is 2.77. The Bertz CT molecular complexity index is 418. The summed E-state index contributed by atoms with van der Waals surface area (Å²) in [7, 11) is 1.40. The molecule has 100 valence electrons. The van der Waals surface area contributed by atoms with Crippen molar-refractivity contribution in [2.75, 3.05) is 7.11 Å². The zero-order valence-corrected chi connectivity index (χ0v) is 11.1. The summed E-state index contributed by atoms with van der Waals surface area (Å²) in [5.74, 6) is -0.127. The second kappa shape index (κ2) is 6.50. The molecule has 0 aliphatic heterocycles. The molecule has 0 bridgehead atoms. The minimum absolute atomic E-state index is 0.0108. The van der Waals surface area contributed by atoms with E-state index in [2.05, 4.69) is 0 Å². The van der Waals surface area contributed by atoms with Gasteiger partial charge in [-0.3, -0.25) is 4.79 Å². The molecule has 0 spiro atoms. The first-order chi connectivity index (χ1) is 8.45. The number of carbonyl (C=O) groups is 1. The number of methoxy groups -OCH3 is 1. The van der Waals surface area contributed by atoms with Gasteiger partial charge in [0, 0.05) is 6.42 Å². The first-order valence-electron chi connectivity index (χ1n) is 6.05. The van der Waals surface area contributed by atoms with Gasteiger partial charge in [-0.15, -0.1) is 0 Å². The zero-order chi connectivity index (χ0) is 13.7. The lowest BCUT2D eigenvalue weighted by Gasteiger charge is -2.13. The van der Waals surface area contributed by atoms with Crippen molar-refractivity contribution in [3.8, 4) is 5.75 Å². The first kappa shape index (κ1) is 14.6. The Morgan fingerprint density at radius 3 is 2.67 bits per heavy atom. The number of hydrogen-bond donors (Lipinski definition) is 1. The molecule has 0 aliphatic rings. The van der Waals surface area contributed by atoms with Gasteiger partial charge >= 0.3 is 0 Å². The van der Waals surface area contributed by atoms with Crippen LogP contribution in [-0.2, 0) is 11.2 Å². The minimum Gasteiger partial charge on any atom is -0.494 e. The van der Waals surface area contributed by atoms with Gasteiger partial charge in [-0.2, -0.15) is 0 Å². The van der Waals surface area contributed by atoms with Crippen LogP contribution in [0.4, 0.5) is 4.39 Å². The van der Waals surface area contributed by atoms with Crippen LogP contribution < -0.4 is 10.5 Å². The van der Waals surface area contributed by atoms with Crippen LogP contribution in [0.25, 0.3) is 0 Å². The van der Waals surface area contributed by atoms with Gasteiger partial charge in [0.1, 0.15) is 0 Å². The number of ether oxygens (including phenoxy) is 1. The van der Waals surface area contributed by atoms with Gasteiger partial charge in [0.05, 0.1) is 13.2 Å². The van der Waals surface area contributed by atoms with E-state index in [0.717, 1.165) is 0 Å². The van der Waals surface area contributed by atoms with Crippen molar-refractivity contribution >= 4 is 5.78 Å². The molecule has 1 aromatic rings. The Morgan fingerprint density at radius 2 is 2.11 bits per heavy atom. The third-order valence-corrected chi connectivity index (χ3v) is 2.77. The van der Waals surface area contributed by atoms with E-state index in [-0.39, 0.29) is 18.0 Å². The van der Waals surface area contributed by atoms with Gasteiger partial charge in [-0.1, -0.05) is 26.0 Å². The second-order valence-corrected chi connectivity index (χ2v) is 4.81. The topological polar surface area (TPSA) is 52.3 Å². The van der Waals surface area contributed by atoms with Crippen LogP contribution in [0.15, 0.2) is 18.2 Å². The van der Waals surface area contributed by atoms with Crippen molar-refractivity contribution in [1.29, 1.82) is 0 Å². The molecule has 0 saturated heterocycles. The van der Waals surface area contributed by atoms with Crippen LogP contribution >= 0.6 is 0 Å². The fourth-order valence-electron chi connectivity index (χ4n) is 1.81. The molecule has 0 heterocycles. The van der Waals surface area contributed by atoms with Gasteiger partial charge in [0.2, 0.25) is 0 Å². The lowest BCUT2D eigenvalue weighted by Crippen LogP contribution is -2.33. The molecule has 1 aromatic carbocycles. The molecule has 0 fully saturated rings.